The average molecular weight is 263 g/mol. The zero-order valence-corrected chi connectivity index (χ0v) is 12.8. The lowest BCUT2D eigenvalue weighted by Gasteiger charge is -2.45. The molecule has 0 saturated heterocycles. The van der Waals surface area contributed by atoms with Crippen LogP contribution in [0.15, 0.2) is 0 Å². The van der Waals surface area contributed by atoms with Crippen LogP contribution in [-0.4, -0.2) is 10.7 Å². The standard InChI is InChI=1S/C17H29NO/c1-4-5-14-6-8-16(13-18,9-7-14)17(19)11-10-15(2,3)12-17/h14,19H,4-12H2,1-3H3. The first-order valence-corrected chi connectivity index (χ1v) is 8.00. The molecule has 2 saturated carbocycles. The Morgan fingerprint density at radius 3 is 2.21 bits per heavy atom. The van der Waals surface area contributed by atoms with Gasteiger partial charge in [-0.3, -0.25) is 0 Å². The van der Waals surface area contributed by atoms with Crippen molar-refractivity contribution in [2.45, 2.75) is 84.2 Å². The zero-order valence-electron chi connectivity index (χ0n) is 12.8. The minimum Gasteiger partial charge on any atom is -0.388 e. The molecule has 19 heavy (non-hydrogen) atoms. The molecule has 0 aromatic rings. The highest BCUT2D eigenvalue weighted by atomic mass is 16.3. The molecule has 2 rings (SSSR count). The van der Waals surface area contributed by atoms with Crippen LogP contribution in [-0.2, 0) is 0 Å². The molecule has 1 N–H and O–H groups in total. The van der Waals surface area contributed by atoms with Crippen molar-refractivity contribution in [1.82, 2.24) is 0 Å². The molecule has 108 valence electrons. The molecule has 0 amide bonds. The number of aliphatic hydroxyl groups is 1. The minimum absolute atomic E-state index is 0.193. The number of nitriles is 1. The molecule has 2 fully saturated rings. The molecule has 2 aliphatic rings. The van der Waals surface area contributed by atoms with Crippen molar-refractivity contribution in [3.8, 4) is 6.07 Å². The third-order valence-corrected chi connectivity index (χ3v) is 5.75. The Hall–Kier alpha value is -0.550. The Balaban J connectivity index is 2.11. The van der Waals surface area contributed by atoms with Crippen LogP contribution in [0.3, 0.4) is 0 Å². The van der Waals surface area contributed by atoms with Crippen molar-refractivity contribution in [1.29, 1.82) is 5.26 Å². The summed E-state index contributed by atoms with van der Waals surface area (Å²) in [6, 6.07) is 2.55. The molecule has 0 aromatic heterocycles. The molecule has 1 unspecified atom stereocenters. The molecule has 0 spiro atoms. The number of hydrogen-bond acceptors (Lipinski definition) is 2. The summed E-state index contributed by atoms with van der Waals surface area (Å²) >= 11 is 0. The van der Waals surface area contributed by atoms with E-state index in [0.717, 1.165) is 50.9 Å². The van der Waals surface area contributed by atoms with Gasteiger partial charge in [0.15, 0.2) is 0 Å². The second-order valence-electron chi connectivity index (χ2n) is 7.80. The molecule has 2 heteroatoms. The predicted octanol–water partition coefficient (Wildman–Crippen LogP) is 4.43. The van der Waals surface area contributed by atoms with Crippen LogP contribution in [0.25, 0.3) is 0 Å². The summed E-state index contributed by atoms with van der Waals surface area (Å²) in [7, 11) is 0. The van der Waals surface area contributed by atoms with Crippen molar-refractivity contribution in [3.05, 3.63) is 0 Å². The van der Waals surface area contributed by atoms with Crippen LogP contribution in [0.4, 0.5) is 0 Å². The first-order chi connectivity index (χ1) is 8.86. The number of nitrogens with zero attached hydrogens (tertiary/aromatic N) is 1. The largest absolute Gasteiger partial charge is 0.388 e. The molecule has 1 atom stereocenters. The van der Waals surface area contributed by atoms with E-state index >= 15 is 0 Å². The molecular weight excluding hydrogens is 234 g/mol. The van der Waals surface area contributed by atoms with Gasteiger partial charge in [0.1, 0.15) is 0 Å². The van der Waals surface area contributed by atoms with Crippen molar-refractivity contribution in [3.63, 3.8) is 0 Å². The van der Waals surface area contributed by atoms with Gasteiger partial charge in [-0.05, 0) is 56.3 Å². The fourth-order valence-electron chi connectivity index (χ4n) is 4.47. The summed E-state index contributed by atoms with van der Waals surface area (Å²) in [4.78, 5) is 0. The van der Waals surface area contributed by atoms with Gasteiger partial charge in [0, 0.05) is 0 Å². The first kappa shape index (κ1) is 14.9. The maximum atomic E-state index is 11.1. The van der Waals surface area contributed by atoms with Gasteiger partial charge < -0.3 is 5.11 Å². The maximum Gasteiger partial charge on any atom is 0.0860 e. The highest BCUT2D eigenvalue weighted by Gasteiger charge is 2.56. The Morgan fingerprint density at radius 1 is 1.16 bits per heavy atom. The summed E-state index contributed by atoms with van der Waals surface area (Å²) in [6.07, 6.45) is 9.24. The smallest absolute Gasteiger partial charge is 0.0860 e. The molecule has 0 heterocycles. The minimum atomic E-state index is -0.734. The van der Waals surface area contributed by atoms with E-state index in [1.165, 1.54) is 12.8 Å². The molecule has 2 aliphatic carbocycles. The van der Waals surface area contributed by atoms with Crippen molar-refractivity contribution in [2.75, 3.05) is 0 Å². The quantitative estimate of drug-likeness (QED) is 0.818. The van der Waals surface area contributed by atoms with Gasteiger partial charge >= 0.3 is 0 Å². The van der Waals surface area contributed by atoms with E-state index in [0.29, 0.717) is 0 Å². The Bertz CT molecular complexity index is 360. The lowest BCUT2D eigenvalue weighted by molar-refractivity contribution is -0.0791. The number of hydrogen-bond donors (Lipinski definition) is 1. The SMILES string of the molecule is CCCC1CCC(C#N)(C2(O)CCC(C)(C)C2)CC1. The van der Waals surface area contributed by atoms with E-state index < -0.39 is 11.0 Å². The van der Waals surface area contributed by atoms with Crippen LogP contribution in [0.5, 0.6) is 0 Å². The molecule has 0 bridgehead atoms. The lowest BCUT2D eigenvalue weighted by atomic mass is 9.60. The summed E-state index contributed by atoms with van der Waals surface area (Å²) in [5.74, 6) is 0.782. The van der Waals surface area contributed by atoms with Crippen LogP contribution >= 0.6 is 0 Å². The third kappa shape index (κ3) is 2.68. The normalized spacial score (nSPS) is 41.9. The lowest BCUT2D eigenvalue weighted by Crippen LogP contribution is -2.48. The number of rotatable bonds is 3. The molecule has 0 radical (unpaired) electrons. The first-order valence-electron chi connectivity index (χ1n) is 8.00. The predicted molar refractivity (Wildman–Crippen MR) is 77.5 cm³/mol. The fraction of sp³-hybridized carbons (Fsp3) is 0.941. The third-order valence-electron chi connectivity index (χ3n) is 5.75. The van der Waals surface area contributed by atoms with Crippen molar-refractivity contribution in [2.24, 2.45) is 16.7 Å². The highest BCUT2D eigenvalue weighted by molar-refractivity contribution is 5.16. The molecule has 2 nitrogen and oxygen atoms in total. The van der Waals surface area contributed by atoms with E-state index in [-0.39, 0.29) is 5.41 Å². The highest BCUT2D eigenvalue weighted by Crippen LogP contribution is 2.57. The van der Waals surface area contributed by atoms with E-state index in [1.807, 2.05) is 0 Å². The van der Waals surface area contributed by atoms with Gasteiger partial charge in [-0.2, -0.15) is 5.26 Å². The van der Waals surface area contributed by atoms with Gasteiger partial charge in [0.25, 0.3) is 0 Å². The maximum absolute atomic E-state index is 11.1. The van der Waals surface area contributed by atoms with Crippen LogP contribution < -0.4 is 0 Å². The van der Waals surface area contributed by atoms with E-state index in [1.54, 1.807) is 0 Å². The second-order valence-corrected chi connectivity index (χ2v) is 7.80. The average Bonchev–Trinajstić information content (AvgIpc) is 2.66. The van der Waals surface area contributed by atoms with Gasteiger partial charge in [-0.1, -0.05) is 33.6 Å². The summed E-state index contributed by atoms with van der Waals surface area (Å²) in [6.45, 7) is 6.68. The summed E-state index contributed by atoms with van der Waals surface area (Å²) < 4.78 is 0. The van der Waals surface area contributed by atoms with Crippen LogP contribution in [0.2, 0.25) is 0 Å². The van der Waals surface area contributed by atoms with Gasteiger partial charge in [-0.25, -0.2) is 0 Å². The topological polar surface area (TPSA) is 44.0 Å². The second kappa shape index (κ2) is 5.09. The monoisotopic (exact) mass is 263 g/mol. The van der Waals surface area contributed by atoms with Crippen molar-refractivity contribution < 1.29 is 5.11 Å². The van der Waals surface area contributed by atoms with Crippen molar-refractivity contribution >= 4 is 0 Å². The Kier molecular flexibility index (Phi) is 3.98. The Morgan fingerprint density at radius 2 is 1.79 bits per heavy atom. The van der Waals surface area contributed by atoms with Crippen LogP contribution in [0, 0.1) is 28.1 Å². The van der Waals surface area contributed by atoms with Gasteiger partial charge in [0.2, 0.25) is 0 Å². The Labute approximate surface area is 118 Å². The van der Waals surface area contributed by atoms with Crippen LogP contribution in [0.1, 0.15) is 78.6 Å². The van der Waals surface area contributed by atoms with E-state index in [9.17, 15) is 10.4 Å². The fourth-order valence-corrected chi connectivity index (χ4v) is 4.47. The van der Waals surface area contributed by atoms with Gasteiger partial charge in [0.05, 0.1) is 17.1 Å². The zero-order chi connectivity index (χ0) is 14.1. The van der Waals surface area contributed by atoms with E-state index in [4.69, 9.17) is 0 Å². The molecule has 0 aliphatic heterocycles. The van der Waals surface area contributed by atoms with E-state index in [2.05, 4.69) is 26.8 Å². The van der Waals surface area contributed by atoms with Gasteiger partial charge in [-0.15, -0.1) is 0 Å². The molecular formula is C17H29NO. The summed E-state index contributed by atoms with van der Waals surface area (Å²) in [5.41, 5.74) is -1.01. The molecule has 0 aromatic carbocycles. The summed E-state index contributed by atoms with van der Waals surface area (Å²) in [5, 5.41) is 20.8.